The second kappa shape index (κ2) is 14.3. The molecule has 0 saturated carbocycles. The summed E-state index contributed by atoms with van der Waals surface area (Å²) in [6.07, 6.45) is 5.67. The van der Waals surface area contributed by atoms with Gasteiger partial charge >= 0.3 is 5.97 Å². The topological polar surface area (TPSA) is 125 Å². The molecule has 0 radical (unpaired) electrons. The van der Waals surface area contributed by atoms with Gasteiger partial charge in [-0.2, -0.15) is 0 Å². The summed E-state index contributed by atoms with van der Waals surface area (Å²) in [5.74, 6) is -2.56. The minimum atomic E-state index is -1.31. The number of carbonyl (C=O) groups excluding carboxylic acids is 3. The number of ether oxygens (including phenoxy) is 1. The van der Waals surface area contributed by atoms with Gasteiger partial charge in [-0.3, -0.25) is 14.4 Å². The zero-order chi connectivity index (χ0) is 28.5. The summed E-state index contributed by atoms with van der Waals surface area (Å²) in [6.45, 7) is 0.372. The molecule has 2 aromatic rings. The summed E-state index contributed by atoms with van der Waals surface area (Å²) in [4.78, 5) is 52.1. The molecule has 0 spiro atoms. The molecule has 1 aliphatic rings. The highest BCUT2D eigenvalue weighted by atomic mass is 35.5. The maximum Gasteiger partial charge on any atom is 0.328 e. The molecule has 0 bridgehead atoms. The quantitative estimate of drug-likeness (QED) is 0.281. The Bertz CT molecular complexity index is 1260. The van der Waals surface area contributed by atoms with E-state index in [0.717, 1.165) is 4.90 Å². The Balaban J connectivity index is 1.51. The number of hydrogen-bond acceptors (Lipinski definition) is 6. The molecule has 3 rings (SSSR count). The van der Waals surface area contributed by atoms with E-state index in [1.165, 1.54) is 24.9 Å². The number of rotatable bonds is 10. The molecule has 1 heterocycles. The van der Waals surface area contributed by atoms with Crippen LogP contribution < -0.4 is 15.4 Å². The lowest BCUT2D eigenvalue weighted by Crippen LogP contribution is -2.51. The van der Waals surface area contributed by atoms with Crippen LogP contribution in [0.2, 0.25) is 10.0 Å². The van der Waals surface area contributed by atoms with Gasteiger partial charge in [0.2, 0.25) is 11.8 Å². The van der Waals surface area contributed by atoms with Crippen LogP contribution >= 0.6 is 35.0 Å². The maximum absolute atomic E-state index is 12.8. The van der Waals surface area contributed by atoms with Crippen LogP contribution in [0.4, 0.5) is 0 Å². The van der Waals surface area contributed by atoms with Crippen LogP contribution in [0.1, 0.15) is 28.8 Å². The summed E-state index contributed by atoms with van der Waals surface area (Å²) >= 11 is 14.0. The van der Waals surface area contributed by atoms with Gasteiger partial charge in [0.15, 0.2) is 0 Å². The molecule has 1 saturated heterocycles. The third kappa shape index (κ3) is 7.90. The number of carboxylic acids is 1. The van der Waals surface area contributed by atoms with E-state index in [2.05, 4.69) is 10.6 Å². The number of nitrogens with zero attached hydrogens (tertiary/aromatic N) is 1. The van der Waals surface area contributed by atoms with Gasteiger partial charge in [0.25, 0.3) is 5.91 Å². The van der Waals surface area contributed by atoms with Gasteiger partial charge in [0, 0.05) is 36.5 Å². The van der Waals surface area contributed by atoms with Crippen molar-refractivity contribution in [3.63, 3.8) is 0 Å². The first kappa shape index (κ1) is 30.3. The van der Waals surface area contributed by atoms with E-state index in [9.17, 15) is 24.3 Å². The summed E-state index contributed by atoms with van der Waals surface area (Å²) < 4.78 is 5.16. The van der Waals surface area contributed by atoms with E-state index < -0.39 is 29.7 Å². The van der Waals surface area contributed by atoms with Crippen LogP contribution in [-0.2, 0) is 14.4 Å². The molecule has 0 aromatic heterocycles. The third-order valence-corrected chi connectivity index (χ3v) is 8.10. The van der Waals surface area contributed by atoms with Gasteiger partial charge in [-0.25, -0.2) is 4.79 Å². The van der Waals surface area contributed by atoms with Crippen LogP contribution in [-0.4, -0.2) is 72.7 Å². The summed E-state index contributed by atoms with van der Waals surface area (Å²) in [6, 6.07) is 8.85. The number of carboxylic acid groups (broad SMARTS) is 1. The molecule has 2 aromatic carbocycles. The normalized spacial score (nSPS) is 14.6. The van der Waals surface area contributed by atoms with Gasteiger partial charge in [0.1, 0.15) is 11.8 Å². The minimum absolute atomic E-state index is 0.225. The lowest BCUT2D eigenvalue weighted by atomic mass is 9.95. The molecule has 1 aliphatic heterocycles. The van der Waals surface area contributed by atoms with Crippen LogP contribution in [0.3, 0.4) is 0 Å². The van der Waals surface area contributed by atoms with Crippen molar-refractivity contribution in [2.45, 2.75) is 23.8 Å². The van der Waals surface area contributed by atoms with Crippen molar-refractivity contribution >= 4 is 64.7 Å². The van der Waals surface area contributed by atoms with Crippen LogP contribution in [0, 0.1) is 5.92 Å². The van der Waals surface area contributed by atoms with Gasteiger partial charge in [0.05, 0.1) is 22.7 Å². The molecule has 1 atom stereocenters. The van der Waals surface area contributed by atoms with Gasteiger partial charge in [-0.15, -0.1) is 11.8 Å². The van der Waals surface area contributed by atoms with E-state index in [4.69, 9.17) is 27.9 Å². The first-order valence-electron chi connectivity index (χ1n) is 12.1. The largest absolute Gasteiger partial charge is 0.496 e. The zero-order valence-electron chi connectivity index (χ0n) is 21.4. The number of aliphatic carboxylic acids is 1. The molecular weight excluding hydrogens is 565 g/mol. The number of halogens is 2. The zero-order valence-corrected chi connectivity index (χ0v) is 23.7. The van der Waals surface area contributed by atoms with Crippen LogP contribution in [0.15, 0.2) is 47.4 Å². The molecule has 9 nitrogen and oxygen atoms in total. The number of amides is 3. The number of para-hydroxylation sites is 1. The molecule has 0 aliphatic carbocycles. The van der Waals surface area contributed by atoms with Gasteiger partial charge < -0.3 is 25.4 Å². The Hall–Kier alpha value is -3.21. The molecule has 39 heavy (non-hydrogen) atoms. The number of nitrogens with one attached hydrogen (secondary N) is 2. The SMILES string of the molecule is COc1ccccc1C(=O)NCC(NC(=O)C1CCN(C(=O)C=Cc2ccc(SC)c(Cl)c2Cl)CC1)C(=O)O. The van der Waals surface area contributed by atoms with E-state index in [-0.39, 0.29) is 18.0 Å². The van der Waals surface area contributed by atoms with Crippen molar-refractivity contribution in [3.05, 3.63) is 63.6 Å². The standard InChI is InChI=1S/C27H29Cl2N3O6S/c1-38-20-6-4-3-5-18(20)26(35)30-15-19(27(36)37)31-25(34)17-11-13-32(14-12-17)22(33)10-8-16-7-9-21(39-2)24(29)23(16)28/h3-10,17,19H,11-15H2,1-2H3,(H,30,35)(H,31,34)(H,36,37). The molecule has 208 valence electrons. The Labute approximate surface area is 240 Å². The van der Waals surface area contributed by atoms with E-state index in [1.807, 2.05) is 12.3 Å². The third-order valence-electron chi connectivity index (χ3n) is 6.31. The molecule has 3 amide bonds. The monoisotopic (exact) mass is 593 g/mol. The second-order valence-electron chi connectivity index (χ2n) is 8.73. The molecule has 12 heteroatoms. The average molecular weight is 595 g/mol. The Kier molecular flexibility index (Phi) is 11.1. The fourth-order valence-corrected chi connectivity index (χ4v) is 5.25. The first-order chi connectivity index (χ1) is 18.7. The van der Waals surface area contributed by atoms with E-state index >= 15 is 0 Å². The number of methoxy groups -OCH3 is 1. The summed E-state index contributed by atoms with van der Waals surface area (Å²) in [7, 11) is 1.43. The average Bonchev–Trinajstić information content (AvgIpc) is 2.95. The van der Waals surface area contributed by atoms with E-state index in [0.29, 0.717) is 47.3 Å². The van der Waals surface area contributed by atoms with E-state index in [1.54, 1.807) is 41.3 Å². The number of likely N-dealkylation sites (tertiary alicyclic amines) is 1. The fraction of sp³-hybridized carbons (Fsp3) is 0.333. The summed E-state index contributed by atoms with van der Waals surface area (Å²) in [5.41, 5.74) is 0.878. The van der Waals surface area contributed by atoms with Gasteiger partial charge in [-0.1, -0.05) is 41.4 Å². The van der Waals surface area contributed by atoms with Crippen molar-refractivity contribution in [1.82, 2.24) is 15.5 Å². The number of carbonyl (C=O) groups is 4. The number of thioether (sulfide) groups is 1. The van der Waals surface area contributed by atoms with Crippen LogP contribution in [0.25, 0.3) is 6.08 Å². The van der Waals surface area contributed by atoms with Crippen molar-refractivity contribution in [3.8, 4) is 5.75 Å². The van der Waals surface area contributed by atoms with Crippen molar-refractivity contribution in [1.29, 1.82) is 0 Å². The molecule has 1 unspecified atom stereocenters. The highest BCUT2D eigenvalue weighted by molar-refractivity contribution is 7.98. The number of hydrogen-bond donors (Lipinski definition) is 3. The maximum atomic E-state index is 12.8. The highest BCUT2D eigenvalue weighted by Crippen LogP contribution is 2.35. The number of benzene rings is 2. The predicted octanol–water partition coefficient (Wildman–Crippen LogP) is 3.98. The number of piperidine rings is 1. The highest BCUT2D eigenvalue weighted by Gasteiger charge is 2.30. The summed E-state index contributed by atoms with van der Waals surface area (Å²) in [5, 5.41) is 15.4. The van der Waals surface area contributed by atoms with Crippen molar-refractivity contribution in [2.24, 2.45) is 5.92 Å². The molecular formula is C27H29Cl2N3O6S. The second-order valence-corrected chi connectivity index (χ2v) is 10.3. The lowest BCUT2D eigenvalue weighted by Gasteiger charge is -2.31. The van der Waals surface area contributed by atoms with Crippen molar-refractivity contribution < 1.29 is 29.0 Å². The Morgan fingerprint density at radius 1 is 1.13 bits per heavy atom. The van der Waals surface area contributed by atoms with Crippen LogP contribution in [0.5, 0.6) is 5.75 Å². The molecule has 1 fully saturated rings. The fourth-order valence-electron chi connectivity index (χ4n) is 4.07. The van der Waals surface area contributed by atoms with Crippen molar-refractivity contribution in [2.75, 3.05) is 33.0 Å². The minimum Gasteiger partial charge on any atom is -0.496 e. The Morgan fingerprint density at radius 2 is 1.82 bits per heavy atom. The Morgan fingerprint density at radius 3 is 2.46 bits per heavy atom. The lowest BCUT2D eigenvalue weighted by molar-refractivity contribution is -0.142. The predicted molar refractivity (Wildman–Crippen MR) is 151 cm³/mol. The van der Waals surface area contributed by atoms with Gasteiger partial charge in [-0.05, 0) is 48.9 Å². The smallest absolute Gasteiger partial charge is 0.328 e. The molecule has 3 N–H and O–H groups in total. The first-order valence-corrected chi connectivity index (χ1v) is 14.1.